The quantitative estimate of drug-likeness (QED) is 0.352. The van der Waals surface area contributed by atoms with Crippen LogP contribution in [0.15, 0.2) is 76.4 Å². The zero-order chi connectivity index (χ0) is 26.4. The molecule has 192 valence electrons. The fourth-order valence-electron chi connectivity index (χ4n) is 4.22. The molecule has 1 N–H and O–H groups in total. The molecule has 9 heteroatoms. The smallest absolute Gasteiger partial charge is 0.330 e. The number of nitrogens with one attached hydrogen (secondary N) is 1. The summed E-state index contributed by atoms with van der Waals surface area (Å²) < 4.78 is 25.3. The van der Waals surface area contributed by atoms with E-state index in [1.807, 2.05) is 60.7 Å². The Morgan fingerprint density at radius 3 is 2.30 bits per heavy atom. The third kappa shape index (κ3) is 5.89. The van der Waals surface area contributed by atoms with Crippen molar-refractivity contribution in [2.24, 2.45) is 0 Å². The number of hydrogen-bond donors (Lipinski definition) is 1. The molecule has 9 nitrogen and oxygen atoms in total. The normalized spacial score (nSPS) is 22.9. The van der Waals surface area contributed by atoms with Crippen molar-refractivity contribution in [3.05, 3.63) is 104 Å². The topological polar surface area (TPSA) is 109 Å². The number of carbonyl (C=O) groups is 1. The van der Waals surface area contributed by atoms with Gasteiger partial charge in [0.2, 0.25) is 0 Å². The molecule has 0 aliphatic carbocycles. The first-order chi connectivity index (χ1) is 17.8. The van der Waals surface area contributed by atoms with Crippen molar-refractivity contribution in [2.75, 3.05) is 6.61 Å². The Labute approximate surface area is 214 Å². The lowest BCUT2D eigenvalue weighted by Gasteiger charge is -2.30. The average molecular weight is 505 g/mol. The van der Waals surface area contributed by atoms with Gasteiger partial charge in [0.15, 0.2) is 17.9 Å². The second kappa shape index (κ2) is 11.4. The molecule has 2 aromatic carbocycles. The summed E-state index contributed by atoms with van der Waals surface area (Å²) in [6.45, 7) is 3.07. The third-order valence-corrected chi connectivity index (χ3v) is 6.04. The lowest BCUT2D eigenvalue weighted by molar-refractivity contribution is -0.158. The van der Waals surface area contributed by atoms with Crippen molar-refractivity contribution in [3.8, 4) is 12.3 Å². The van der Waals surface area contributed by atoms with Crippen molar-refractivity contribution in [3.63, 3.8) is 0 Å². The molecule has 3 aromatic rings. The Bertz CT molecular complexity index is 1380. The summed E-state index contributed by atoms with van der Waals surface area (Å²) in [5.41, 5.74) is -0.731. The van der Waals surface area contributed by atoms with Crippen LogP contribution < -0.4 is 11.2 Å². The van der Waals surface area contributed by atoms with Crippen molar-refractivity contribution in [2.45, 2.75) is 51.1 Å². The van der Waals surface area contributed by atoms with E-state index in [4.69, 9.17) is 25.4 Å². The monoisotopic (exact) mass is 504 g/mol. The molecule has 0 radical (unpaired) electrons. The van der Waals surface area contributed by atoms with Crippen molar-refractivity contribution >= 4 is 5.97 Å². The van der Waals surface area contributed by atoms with Gasteiger partial charge >= 0.3 is 11.7 Å². The van der Waals surface area contributed by atoms with Gasteiger partial charge in [-0.1, -0.05) is 66.6 Å². The summed E-state index contributed by atoms with van der Waals surface area (Å²) >= 11 is 0. The number of terminal acetylenes is 1. The van der Waals surface area contributed by atoms with Crippen LogP contribution in [-0.4, -0.2) is 39.9 Å². The highest BCUT2D eigenvalue weighted by atomic mass is 16.6. The predicted molar refractivity (Wildman–Crippen MR) is 134 cm³/mol. The second-order valence-electron chi connectivity index (χ2n) is 8.79. The molecule has 0 amide bonds. The number of rotatable bonds is 9. The van der Waals surface area contributed by atoms with Crippen LogP contribution in [-0.2, 0) is 37.0 Å². The average Bonchev–Trinajstić information content (AvgIpc) is 3.18. The Balaban J connectivity index is 1.71. The second-order valence-corrected chi connectivity index (χ2v) is 8.79. The van der Waals surface area contributed by atoms with E-state index in [0.717, 1.165) is 15.7 Å². The Morgan fingerprint density at radius 1 is 1.08 bits per heavy atom. The predicted octanol–water partition coefficient (Wildman–Crippen LogP) is 2.48. The molecule has 4 unspecified atom stereocenters. The maximum Gasteiger partial charge on any atom is 0.330 e. The Morgan fingerprint density at radius 2 is 1.70 bits per heavy atom. The van der Waals surface area contributed by atoms with E-state index in [2.05, 4.69) is 10.9 Å². The highest BCUT2D eigenvalue weighted by Crippen LogP contribution is 2.41. The first-order valence-electron chi connectivity index (χ1n) is 11.7. The van der Waals surface area contributed by atoms with Crippen LogP contribution >= 0.6 is 0 Å². The van der Waals surface area contributed by atoms with Gasteiger partial charge in [-0.05, 0) is 18.1 Å². The van der Waals surface area contributed by atoms with E-state index in [1.165, 1.54) is 13.1 Å². The standard InChI is InChI=1S/C28H28N2O7/c1-4-28(18-34-16-21-11-7-5-8-12-21)24(35-17-22-13-9-6-10-14-22)23(36-20(3)31)26(37-28)30-15-19(2)25(32)29-27(30)33/h1,5-15,23-24,26H,16-18H2,2-3H3,(H,29,32,33). The number of esters is 1. The van der Waals surface area contributed by atoms with Crippen LogP contribution in [0.5, 0.6) is 0 Å². The van der Waals surface area contributed by atoms with Crippen LogP contribution in [0.4, 0.5) is 0 Å². The third-order valence-electron chi connectivity index (χ3n) is 6.04. The number of aromatic amines is 1. The Kier molecular flexibility index (Phi) is 8.04. The van der Waals surface area contributed by atoms with E-state index < -0.39 is 41.3 Å². The zero-order valence-corrected chi connectivity index (χ0v) is 20.6. The zero-order valence-electron chi connectivity index (χ0n) is 20.6. The first kappa shape index (κ1) is 26.1. The van der Waals surface area contributed by atoms with E-state index in [1.54, 1.807) is 6.92 Å². The van der Waals surface area contributed by atoms with Crippen LogP contribution in [0.1, 0.15) is 29.8 Å². The van der Waals surface area contributed by atoms with E-state index in [9.17, 15) is 14.4 Å². The van der Waals surface area contributed by atoms with Crippen molar-refractivity contribution in [1.82, 2.24) is 9.55 Å². The first-order valence-corrected chi connectivity index (χ1v) is 11.7. The summed E-state index contributed by atoms with van der Waals surface area (Å²) in [5.74, 6) is 2.04. The highest BCUT2D eigenvalue weighted by Gasteiger charge is 2.58. The molecule has 4 atom stereocenters. The summed E-state index contributed by atoms with van der Waals surface area (Å²) in [4.78, 5) is 39.1. The van der Waals surface area contributed by atoms with Gasteiger partial charge in [0.25, 0.3) is 5.56 Å². The lowest BCUT2D eigenvalue weighted by atomic mass is 9.96. The summed E-state index contributed by atoms with van der Waals surface area (Å²) in [5, 5.41) is 0. The van der Waals surface area contributed by atoms with Gasteiger partial charge in [-0.2, -0.15) is 0 Å². The number of carbonyl (C=O) groups excluding carboxylic acids is 1. The van der Waals surface area contributed by atoms with E-state index >= 15 is 0 Å². The number of benzene rings is 2. The summed E-state index contributed by atoms with van der Waals surface area (Å²) in [7, 11) is 0. The maximum absolute atomic E-state index is 12.8. The molecule has 1 saturated heterocycles. The van der Waals surface area contributed by atoms with E-state index in [-0.39, 0.29) is 25.4 Å². The van der Waals surface area contributed by atoms with Gasteiger partial charge in [0, 0.05) is 18.7 Å². The number of aromatic nitrogens is 2. The van der Waals surface area contributed by atoms with Gasteiger partial charge in [0.1, 0.15) is 6.10 Å². The van der Waals surface area contributed by atoms with E-state index in [0.29, 0.717) is 0 Å². The molecule has 1 fully saturated rings. The van der Waals surface area contributed by atoms with Gasteiger partial charge in [-0.3, -0.25) is 19.1 Å². The maximum atomic E-state index is 12.8. The molecule has 1 aromatic heterocycles. The molecule has 37 heavy (non-hydrogen) atoms. The molecule has 0 bridgehead atoms. The lowest BCUT2D eigenvalue weighted by Crippen LogP contribution is -2.48. The minimum atomic E-state index is -1.52. The minimum absolute atomic E-state index is 0.108. The molecule has 1 aliphatic heterocycles. The summed E-state index contributed by atoms with van der Waals surface area (Å²) in [6.07, 6.45) is 4.07. The fraction of sp³-hybridized carbons (Fsp3) is 0.321. The van der Waals surface area contributed by atoms with Crippen molar-refractivity contribution < 1.29 is 23.7 Å². The van der Waals surface area contributed by atoms with Crippen LogP contribution in [0, 0.1) is 19.3 Å². The number of hydrogen-bond acceptors (Lipinski definition) is 7. The van der Waals surface area contributed by atoms with Gasteiger partial charge in [-0.25, -0.2) is 4.79 Å². The molecule has 0 spiro atoms. The highest BCUT2D eigenvalue weighted by molar-refractivity contribution is 5.66. The summed E-state index contributed by atoms with van der Waals surface area (Å²) in [6, 6.07) is 18.9. The van der Waals surface area contributed by atoms with Gasteiger partial charge in [0.05, 0.1) is 19.8 Å². The molecule has 4 rings (SSSR count). The number of nitrogens with zero attached hydrogens (tertiary/aromatic N) is 1. The fourth-order valence-corrected chi connectivity index (χ4v) is 4.22. The van der Waals surface area contributed by atoms with Crippen molar-refractivity contribution in [1.29, 1.82) is 0 Å². The number of ether oxygens (including phenoxy) is 4. The number of H-pyrrole nitrogens is 1. The minimum Gasteiger partial charge on any atom is -0.455 e. The molecule has 0 saturated carbocycles. The van der Waals surface area contributed by atoms with Crippen LogP contribution in [0.25, 0.3) is 0 Å². The SMILES string of the molecule is C#CC1(COCc2ccccc2)OC(n2cc(C)c(=O)[nH]c2=O)C(OC(C)=O)C1OCc1ccccc1. The van der Waals surface area contributed by atoms with Gasteiger partial charge < -0.3 is 18.9 Å². The molecule has 1 aliphatic rings. The largest absolute Gasteiger partial charge is 0.455 e. The van der Waals surface area contributed by atoms with Gasteiger partial charge in [-0.15, -0.1) is 6.42 Å². The van der Waals surface area contributed by atoms with Crippen LogP contribution in [0.3, 0.4) is 0 Å². The number of aryl methyl sites for hydroxylation is 1. The Hall–Kier alpha value is -3.97. The van der Waals surface area contributed by atoms with Crippen LogP contribution in [0.2, 0.25) is 0 Å². The molecular weight excluding hydrogens is 476 g/mol. The molecule has 2 heterocycles. The molecular formula is C28H28N2O7.